The van der Waals surface area contributed by atoms with E-state index in [9.17, 15) is 18.8 Å². The molecule has 2 aromatic rings. The average molecular weight is 546 g/mol. The molecule has 10 heteroatoms. The summed E-state index contributed by atoms with van der Waals surface area (Å²) in [6, 6.07) is 5.68. The van der Waals surface area contributed by atoms with Gasteiger partial charge < -0.3 is 10.2 Å². The molecule has 0 aliphatic carbocycles. The highest BCUT2D eigenvalue weighted by Crippen LogP contribution is 2.24. The standard InChI is InChI=1S/C28H40FN5O3S/c1-18-25(19(2)35)38-27(30-18)32-26(37)31-23(17-33(6)28(3,4)5)15-24(36)34-13-7-8-21(16-34)14-20-9-11-22(29)12-10-20/h9-12,21,23H,7-8,13-17H2,1-6H3,(H2,30,31,32,37)/t21-,23-/m0/s1. The number of amides is 3. The Labute approximate surface area is 229 Å². The number of aryl methyl sites for hydroxylation is 1. The van der Waals surface area contributed by atoms with E-state index in [2.05, 4.69) is 41.3 Å². The summed E-state index contributed by atoms with van der Waals surface area (Å²) in [6.45, 7) is 11.3. The van der Waals surface area contributed by atoms with Crippen molar-refractivity contribution in [1.29, 1.82) is 0 Å². The van der Waals surface area contributed by atoms with Crippen LogP contribution in [-0.4, -0.2) is 70.8 Å². The van der Waals surface area contributed by atoms with Crippen molar-refractivity contribution in [1.82, 2.24) is 20.1 Å². The number of likely N-dealkylation sites (tertiary alicyclic amines) is 1. The fourth-order valence-corrected chi connectivity index (χ4v) is 5.47. The number of halogens is 1. The second kappa shape index (κ2) is 12.8. The Balaban J connectivity index is 1.64. The van der Waals surface area contributed by atoms with Crippen molar-refractivity contribution >= 4 is 34.2 Å². The van der Waals surface area contributed by atoms with Gasteiger partial charge in [0.2, 0.25) is 5.91 Å². The molecular weight excluding hydrogens is 505 g/mol. The first-order valence-corrected chi connectivity index (χ1v) is 13.9. The van der Waals surface area contributed by atoms with Gasteiger partial charge in [0.05, 0.1) is 16.6 Å². The van der Waals surface area contributed by atoms with Crippen LogP contribution in [0.5, 0.6) is 0 Å². The first kappa shape index (κ1) is 29.7. The number of carbonyl (C=O) groups is 3. The van der Waals surface area contributed by atoms with Crippen molar-refractivity contribution in [2.45, 2.75) is 71.9 Å². The molecule has 3 rings (SSSR count). The Morgan fingerprint density at radius 2 is 1.92 bits per heavy atom. The number of thiazole rings is 1. The maximum absolute atomic E-state index is 13.4. The zero-order valence-corrected chi connectivity index (χ0v) is 24.1. The van der Waals surface area contributed by atoms with Gasteiger partial charge in [-0.15, -0.1) is 0 Å². The predicted molar refractivity (Wildman–Crippen MR) is 149 cm³/mol. The molecule has 2 N–H and O–H groups in total. The summed E-state index contributed by atoms with van der Waals surface area (Å²) >= 11 is 1.14. The molecule has 2 heterocycles. The number of piperidine rings is 1. The quantitative estimate of drug-likeness (QED) is 0.438. The van der Waals surface area contributed by atoms with Gasteiger partial charge in [0.1, 0.15) is 5.82 Å². The molecule has 1 aliphatic rings. The van der Waals surface area contributed by atoms with Crippen molar-refractivity contribution < 1.29 is 18.8 Å². The van der Waals surface area contributed by atoms with E-state index in [0.717, 1.165) is 36.2 Å². The number of nitrogens with zero attached hydrogens (tertiary/aromatic N) is 3. The summed E-state index contributed by atoms with van der Waals surface area (Å²) in [4.78, 5) is 46.8. The molecular formula is C28H40FN5O3S. The number of likely N-dealkylation sites (N-methyl/N-ethyl adjacent to an activating group) is 1. The van der Waals surface area contributed by atoms with Crippen LogP contribution in [0.4, 0.5) is 14.3 Å². The number of urea groups is 1. The van der Waals surface area contributed by atoms with Crippen LogP contribution < -0.4 is 10.6 Å². The van der Waals surface area contributed by atoms with E-state index in [1.165, 1.54) is 19.1 Å². The summed E-state index contributed by atoms with van der Waals surface area (Å²) in [5.41, 5.74) is 1.50. The largest absolute Gasteiger partial charge is 0.342 e. The number of ketones is 1. The SMILES string of the molecule is CC(=O)c1sc(NC(=O)N[C@@H](CC(=O)N2CCC[C@@H](Cc3ccc(F)cc3)C2)CN(C)C(C)(C)C)nc1C. The minimum atomic E-state index is -0.457. The number of Topliss-reactive ketones (excluding diaryl/α,β-unsaturated/α-hetero) is 1. The molecule has 1 aliphatic heterocycles. The van der Waals surface area contributed by atoms with Gasteiger partial charge in [-0.3, -0.25) is 19.8 Å². The molecule has 3 amide bonds. The fraction of sp³-hybridized carbons (Fsp3) is 0.571. The highest BCUT2D eigenvalue weighted by molar-refractivity contribution is 7.17. The third kappa shape index (κ3) is 8.59. The van der Waals surface area contributed by atoms with Gasteiger partial charge in [-0.25, -0.2) is 14.2 Å². The van der Waals surface area contributed by atoms with Crippen LogP contribution in [0.3, 0.4) is 0 Å². The predicted octanol–water partition coefficient (Wildman–Crippen LogP) is 4.89. The number of hydrogen-bond donors (Lipinski definition) is 2. The average Bonchev–Trinajstić information content (AvgIpc) is 3.20. The van der Waals surface area contributed by atoms with E-state index < -0.39 is 12.1 Å². The third-order valence-electron chi connectivity index (χ3n) is 7.04. The molecule has 1 saturated heterocycles. The van der Waals surface area contributed by atoms with Crippen LogP contribution in [0.15, 0.2) is 24.3 Å². The molecule has 208 valence electrons. The number of nitrogens with one attached hydrogen (secondary N) is 2. The second-order valence-electron chi connectivity index (χ2n) is 11.2. The van der Waals surface area contributed by atoms with E-state index in [1.807, 2.05) is 11.9 Å². The van der Waals surface area contributed by atoms with Gasteiger partial charge in [-0.2, -0.15) is 0 Å². The first-order chi connectivity index (χ1) is 17.8. The minimum absolute atomic E-state index is 0.00498. The lowest BCUT2D eigenvalue weighted by Crippen LogP contribution is -2.51. The molecule has 0 spiro atoms. The van der Waals surface area contributed by atoms with E-state index in [-0.39, 0.29) is 29.5 Å². The van der Waals surface area contributed by atoms with Crippen molar-refractivity contribution in [3.8, 4) is 0 Å². The molecule has 0 unspecified atom stereocenters. The van der Waals surface area contributed by atoms with Crippen LogP contribution in [0, 0.1) is 18.7 Å². The number of benzene rings is 1. The highest BCUT2D eigenvalue weighted by Gasteiger charge is 2.29. The second-order valence-corrected chi connectivity index (χ2v) is 12.2. The van der Waals surface area contributed by atoms with E-state index in [4.69, 9.17) is 0 Å². The molecule has 38 heavy (non-hydrogen) atoms. The highest BCUT2D eigenvalue weighted by atomic mass is 32.1. The zero-order valence-electron chi connectivity index (χ0n) is 23.3. The van der Waals surface area contributed by atoms with Crippen LogP contribution in [0.2, 0.25) is 0 Å². The summed E-state index contributed by atoms with van der Waals surface area (Å²) in [6.07, 6.45) is 2.91. The number of rotatable bonds is 9. The third-order valence-corrected chi connectivity index (χ3v) is 8.22. The van der Waals surface area contributed by atoms with Crippen molar-refractivity contribution in [3.05, 3.63) is 46.2 Å². The summed E-state index contributed by atoms with van der Waals surface area (Å²) in [7, 11) is 1.97. The van der Waals surface area contributed by atoms with Gasteiger partial charge in [-0.05, 0) is 77.6 Å². The Kier molecular flexibility index (Phi) is 10.0. The topological polar surface area (TPSA) is 94.6 Å². The zero-order chi connectivity index (χ0) is 28.0. The smallest absolute Gasteiger partial charge is 0.321 e. The Morgan fingerprint density at radius 1 is 1.24 bits per heavy atom. The van der Waals surface area contributed by atoms with Gasteiger partial charge in [0.15, 0.2) is 10.9 Å². The van der Waals surface area contributed by atoms with Gasteiger partial charge in [0, 0.05) is 38.5 Å². The van der Waals surface area contributed by atoms with E-state index in [0.29, 0.717) is 41.3 Å². The molecule has 1 aromatic heterocycles. The van der Waals surface area contributed by atoms with Crippen LogP contribution in [0.1, 0.15) is 67.9 Å². The number of anilines is 1. The molecule has 2 atom stereocenters. The molecule has 8 nitrogen and oxygen atoms in total. The number of aromatic nitrogens is 1. The maximum Gasteiger partial charge on any atom is 0.321 e. The lowest BCUT2D eigenvalue weighted by molar-refractivity contribution is -0.133. The Bertz CT molecular complexity index is 1130. The molecule has 1 aromatic carbocycles. The Hall–Kier alpha value is -2.85. The van der Waals surface area contributed by atoms with Crippen molar-refractivity contribution in [2.24, 2.45) is 5.92 Å². The Morgan fingerprint density at radius 3 is 2.53 bits per heavy atom. The molecule has 0 bridgehead atoms. The summed E-state index contributed by atoms with van der Waals surface area (Å²) < 4.78 is 13.3. The summed E-state index contributed by atoms with van der Waals surface area (Å²) in [5.74, 6) is -0.0246. The fourth-order valence-electron chi connectivity index (χ4n) is 4.61. The van der Waals surface area contributed by atoms with Gasteiger partial charge in [0.25, 0.3) is 0 Å². The lowest BCUT2D eigenvalue weighted by Gasteiger charge is -2.37. The van der Waals surface area contributed by atoms with Crippen LogP contribution >= 0.6 is 11.3 Å². The molecule has 0 saturated carbocycles. The first-order valence-electron chi connectivity index (χ1n) is 13.1. The molecule has 0 radical (unpaired) electrons. The van der Waals surface area contributed by atoms with E-state index >= 15 is 0 Å². The van der Waals surface area contributed by atoms with Gasteiger partial charge in [-0.1, -0.05) is 23.5 Å². The minimum Gasteiger partial charge on any atom is -0.342 e. The monoisotopic (exact) mass is 545 g/mol. The summed E-state index contributed by atoms with van der Waals surface area (Å²) in [5, 5.41) is 6.03. The van der Waals surface area contributed by atoms with Crippen LogP contribution in [0.25, 0.3) is 0 Å². The van der Waals surface area contributed by atoms with E-state index in [1.54, 1.807) is 19.1 Å². The van der Waals surface area contributed by atoms with Gasteiger partial charge >= 0.3 is 6.03 Å². The van der Waals surface area contributed by atoms with Crippen molar-refractivity contribution in [3.63, 3.8) is 0 Å². The number of hydrogen-bond acceptors (Lipinski definition) is 6. The van der Waals surface area contributed by atoms with Crippen molar-refractivity contribution in [2.75, 3.05) is 32.0 Å². The normalized spacial score (nSPS) is 16.8. The maximum atomic E-state index is 13.4. The lowest BCUT2D eigenvalue weighted by atomic mass is 9.91. The van der Waals surface area contributed by atoms with Crippen LogP contribution in [-0.2, 0) is 11.2 Å². The number of carbonyl (C=O) groups excluding carboxylic acids is 3. The molecule has 1 fully saturated rings.